The monoisotopic (exact) mass is 234 g/mol. The van der Waals surface area contributed by atoms with Crippen LogP contribution in [0.4, 0.5) is 0 Å². The number of hydrogen-bond acceptors (Lipinski definition) is 0. The van der Waals surface area contributed by atoms with Crippen molar-refractivity contribution in [3.8, 4) is 0 Å². The second kappa shape index (κ2) is 4.59. The second-order valence-electron chi connectivity index (χ2n) is 5.88. The van der Waals surface area contributed by atoms with Crippen molar-refractivity contribution in [3.63, 3.8) is 0 Å². The molecule has 0 N–H and O–H groups in total. The fraction of sp³-hybridized carbons (Fsp3) is 1.00. The van der Waals surface area contributed by atoms with E-state index in [0.29, 0.717) is 0 Å². The molecule has 0 amide bonds. The van der Waals surface area contributed by atoms with Crippen LogP contribution in [0.25, 0.3) is 0 Å². The Morgan fingerprint density at radius 2 is 0.923 bits per heavy atom. The topological polar surface area (TPSA) is 0 Å². The van der Waals surface area contributed by atoms with E-state index in [1.807, 2.05) is 0 Å². The average molecular weight is 234 g/mol. The summed E-state index contributed by atoms with van der Waals surface area (Å²) in [6.45, 7) is 20.0. The van der Waals surface area contributed by atoms with Gasteiger partial charge in [-0.1, -0.05) is 53.9 Å². The van der Waals surface area contributed by atoms with Crippen molar-refractivity contribution in [2.45, 2.75) is 65.0 Å². The van der Waals surface area contributed by atoms with Gasteiger partial charge in [0, 0.05) is 0 Å². The van der Waals surface area contributed by atoms with E-state index in [4.69, 9.17) is 0 Å². The summed E-state index contributed by atoms with van der Waals surface area (Å²) >= 11 is 0. The van der Waals surface area contributed by atoms with Crippen molar-refractivity contribution < 1.29 is 0 Å². The Balaban J connectivity index is 4.42. The normalized spacial score (nSPS) is 14.3. The fourth-order valence-electron chi connectivity index (χ4n) is 1.12. The lowest BCUT2D eigenvalue weighted by Gasteiger charge is -2.37. The fourth-order valence-corrected chi connectivity index (χ4v) is 30.2. The third-order valence-corrected chi connectivity index (χ3v) is 29.5. The first-order chi connectivity index (χ1) is 5.59. The van der Waals surface area contributed by atoms with E-state index >= 15 is 0 Å². The van der Waals surface area contributed by atoms with Crippen molar-refractivity contribution in [1.29, 1.82) is 0 Å². The molecule has 0 heterocycles. The molecule has 0 aliphatic rings. The van der Waals surface area contributed by atoms with Crippen LogP contribution in [0.2, 0.25) is 37.3 Å². The molecule has 0 aromatic carbocycles. The molecule has 0 unspecified atom stereocenters. The van der Waals surface area contributed by atoms with Gasteiger partial charge in [0.25, 0.3) is 0 Å². The molecule has 0 nitrogen and oxygen atoms in total. The summed E-state index contributed by atoms with van der Waals surface area (Å²) in [6.07, 6.45) is 0. The molecule has 0 aromatic heterocycles. The first kappa shape index (κ1) is 13.9. The zero-order chi connectivity index (χ0) is 10.9. The Morgan fingerprint density at radius 1 is 0.692 bits per heavy atom. The summed E-state index contributed by atoms with van der Waals surface area (Å²) < 4.78 is 0. The standard InChI is InChI=1S/C10H27PSi2/c1-9(2)12(5,6)11-13(7,8)10(3)4/h9-11H,1-8H3. The van der Waals surface area contributed by atoms with Gasteiger partial charge < -0.3 is 0 Å². The quantitative estimate of drug-likeness (QED) is 0.480. The molecule has 0 radical (unpaired) electrons. The highest BCUT2D eigenvalue weighted by Gasteiger charge is 2.35. The average Bonchev–Trinajstić information content (AvgIpc) is 1.83. The van der Waals surface area contributed by atoms with Gasteiger partial charge in [-0.25, -0.2) is 0 Å². The highest BCUT2D eigenvalue weighted by molar-refractivity contribution is 8.07. The Kier molecular flexibility index (Phi) is 4.89. The Hall–Kier alpha value is 0.864. The summed E-state index contributed by atoms with van der Waals surface area (Å²) in [6, 6.07) is 0. The van der Waals surface area contributed by atoms with Crippen molar-refractivity contribution in [1.82, 2.24) is 0 Å². The smallest absolute Gasteiger partial charge is 0.0703 e. The molecule has 0 saturated heterocycles. The lowest BCUT2D eigenvalue weighted by atomic mass is 10.6. The molecule has 13 heavy (non-hydrogen) atoms. The van der Waals surface area contributed by atoms with Gasteiger partial charge in [0.05, 0.1) is 15.5 Å². The van der Waals surface area contributed by atoms with E-state index in [1.165, 1.54) is 7.68 Å². The van der Waals surface area contributed by atoms with Crippen LogP contribution in [-0.2, 0) is 0 Å². The number of rotatable bonds is 4. The van der Waals surface area contributed by atoms with Crippen LogP contribution in [-0.4, -0.2) is 15.5 Å². The Labute approximate surface area is 88.4 Å². The van der Waals surface area contributed by atoms with Crippen LogP contribution in [0, 0.1) is 0 Å². The molecular formula is C10H27PSi2. The molecule has 80 valence electrons. The molecule has 0 rings (SSSR count). The summed E-state index contributed by atoms with van der Waals surface area (Å²) in [4.78, 5) is 0. The maximum absolute atomic E-state index is 2.58. The van der Waals surface area contributed by atoms with E-state index in [1.54, 1.807) is 0 Å². The van der Waals surface area contributed by atoms with Crippen molar-refractivity contribution >= 4 is 23.2 Å². The van der Waals surface area contributed by atoms with Crippen molar-refractivity contribution in [2.24, 2.45) is 0 Å². The van der Waals surface area contributed by atoms with E-state index in [-0.39, 0.29) is 0 Å². The lowest BCUT2D eigenvalue weighted by molar-refractivity contribution is 1.03. The minimum atomic E-state index is -0.889. The van der Waals surface area contributed by atoms with Crippen LogP contribution < -0.4 is 0 Å². The van der Waals surface area contributed by atoms with Crippen molar-refractivity contribution in [2.75, 3.05) is 0 Å². The second-order valence-corrected chi connectivity index (χ2v) is 26.1. The molecular weight excluding hydrogens is 207 g/mol. The van der Waals surface area contributed by atoms with Crippen molar-refractivity contribution in [3.05, 3.63) is 0 Å². The first-order valence-electron chi connectivity index (χ1n) is 5.39. The van der Waals surface area contributed by atoms with Crippen LogP contribution >= 0.6 is 7.68 Å². The highest BCUT2D eigenvalue weighted by Crippen LogP contribution is 2.48. The minimum absolute atomic E-state index is 0.889. The Morgan fingerprint density at radius 3 is 1.08 bits per heavy atom. The maximum Gasteiger partial charge on any atom is 0.0703 e. The molecule has 3 heteroatoms. The molecule has 0 spiro atoms. The molecule has 0 bridgehead atoms. The van der Waals surface area contributed by atoms with E-state index in [9.17, 15) is 0 Å². The summed E-state index contributed by atoms with van der Waals surface area (Å²) in [5.41, 5.74) is 1.91. The molecule has 0 aromatic rings. The third-order valence-electron chi connectivity index (χ3n) is 3.53. The molecule has 0 aliphatic carbocycles. The van der Waals surface area contributed by atoms with Gasteiger partial charge in [0.15, 0.2) is 0 Å². The summed E-state index contributed by atoms with van der Waals surface area (Å²) in [5, 5.41) is 0. The highest BCUT2D eigenvalue weighted by atomic mass is 31.6. The van der Waals surface area contributed by atoms with Gasteiger partial charge in [-0.05, 0) is 11.1 Å². The molecule has 0 aliphatic heterocycles. The SMILES string of the molecule is CC(C)[Si](C)(C)P[Si](C)(C)C(C)C. The lowest BCUT2D eigenvalue weighted by Crippen LogP contribution is -2.35. The van der Waals surface area contributed by atoms with Gasteiger partial charge in [-0.3, -0.25) is 0 Å². The summed E-state index contributed by atoms with van der Waals surface area (Å²) in [5.74, 6) is 0. The molecule has 0 saturated carbocycles. The first-order valence-corrected chi connectivity index (χ1v) is 14.5. The van der Waals surface area contributed by atoms with E-state index in [2.05, 4.69) is 53.9 Å². The predicted molar refractivity (Wildman–Crippen MR) is 73.5 cm³/mol. The number of hydrogen-bond donors (Lipinski definition) is 0. The van der Waals surface area contributed by atoms with Gasteiger partial charge in [0.1, 0.15) is 0 Å². The van der Waals surface area contributed by atoms with Gasteiger partial charge in [-0.15, -0.1) is 7.68 Å². The predicted octanol–water partition coefficient (Wildman–Crippen LogP) is 4.90. The zero-order valence-electron chi connectivity index (χ0n) is 10.7. The van der Waals surface area contributed by atoms with Gasteiger partial charge >= 0.3 is 0 Å². The van der Waals surface area contributed by atoms with E-state index < -0.39 is 15.5 Å². The minimum Gasteiger partial charge on any atom is -0.144 e. The summed E-state index contributed by atoms with van der Waals surface area (Å²) in [7, 11) is -0.455. The zero-order valence-corrected chi connectivity index (χ0v) is 13.7. The maximum atomic E-state index is 2.58. The molecule has 0 fully saturated rings. The van der Waals surface area contributed by atoms with Crippen LogP contribution in [0.3, 0.4) is 0 Å². The van der Waals surface area contributed by atoms with Crippen LogP contribution in [0.5, 0.6) is 0 Å². The van der Waals surface area contributed by atoms with Gasteiger partial charge in [0.2, 0.25) is 0 Å². The van der Waals surface area contributed by atoms with Gasteiger partial charge in [-0.2, -0.15) is 0 Å². The third kappa shape index (κ3) is 4.27. The van der Waals surface area contributed by atoms with E-state index in [0.717, 1.165) is 11.1 Å². The van der Waals surface area contributed by atoms with Crippen LogP contribution in [0.1, 0.15) is 27.7 Å². The Bertz CT molecular complexity index is 144. The van der Waals surface area contributed by atoms with Crippen LogP contribution in [0.15, 0.2) is 0 Å². The molecule has 0 atom stereocenters. The largest absolute Gasteiger partial charge is 0.144 e.